The van der Waals surface area contributed by atoms with Crippen molar-refractivity contribution in [3.8, 4) is 0 Å². The molecule has 1 saturated carbocycles. The molecule has 72 valence electrons. The number of halogens is 1. The van der Waals surface area contributed by atoms with E-state index in [0.717, 1.165) is 23.7 Å². The van der Waals surface area contributed by atoms with E-state index in [1.165, 1.54) is 7.11 Å². The monoisotopic (exact) mass is 284 g/mol. The molecule has 0 saturated heterocycles. The Hall–Kier alpha value is 0.160. The zero-order chi connectivity index (χ0) is 8.97. The average molecular weight is 284 g/mol. The molecule has 0 bridgehead atoms. The number of carbonyl (C=O) groups excluding carboxylic acids is 1. The standard InChI is InChI=1S/C8H15INO2/c1-12-8(11)7-3-2-6(4-7)5-9-10/h6-7H,2-5,10H2,1H3/q-1/t6-,7+/m0/s1. The number of hydrogen-bond acceptors (Lipinski definition) is 3. The van der Waals surface area contributed by atoms with Gasteiger partial charge in [-0.3, -0.25) is 0 Å². The molecule has 2 atom stereocenters. The molecule has 1 aliphatic carbocycles. The Kier molecular flexibility index (Phi) is 4.28. The molecular weight excluding hydrogens is 269 g/mol. The van der Waals surface area contributed by atoms with Crippen LogP contribution in [0.25, 0.3) is 0 Å². The summed E-state index contributed by atoms with van der Waals surface area (Å²) in [5.74, 6) is 0.829. The van der Waals surface area contributed by atoms with Gasteiger partial charge >= 0.3 is 83.6 Å². The Morgan fingerprint density at radius 2 is 2.42 bits per heavy atom. The maximum absolute atomic E-state index is 11.1. The van der Waals surface area contributed by atoms with Crippen LogP contribution in [0.2, 0.25) is 0 Å². The molecule has 1 rings (SSSR count). The number of ether oxygens (including phenoxy) is 1. The summed E-state index contributed by atoms with van der Waals surface area (Å²) >= 11 is -0.101. The molecule has 3 nitrogen and oxygen atoms in total. The van der Waals surface area contributed by atoms with Crippen LogP contribution in [-0.4, -0.2) is 17.5 Å². The van der Waals surface area contributed by atoms with E-state index < -0.39 is 0 Å². The molecule has 1 fully saturated rings. The topological polar surface area (TPSA) is 52.3 Å². The van der Waals surface area contributed by atoms with Gasteiger partial charge in [0.05, 0.1) is 0 Å². The number of methoxy groups -OCH3 is 1. The number of alkyl halides is 1. The third kappa shape index (κ3) is 2.58. The zero-order valence-corrected chi connectivity index (χ0v) is 9.41. The Morgan fingerprint density at radius 1 is 1.67 bits per heavy atom. The third-order valence-corrected chi connectivity index (χ3v) is 4.14. The van der Waals surface area contributed by atoms with Gasteiger partial charge in [-0.05, 0) is 0 Å². The number of carbonyl (C=O) groups is 1. The van der Waals surface area contributed by atoms with Crippen LogP contribution >= 0.6 is 0 Å². The molecule has 2 N–H and O–H groups in total. The fraction of sp³-hybridized carbons (Fsp3) is 0.875. The van der Waals surface area contributed by atoms with E-state index in [2.05, 4.69) is 0 Å². The van der Waals surface area contributed by atoms with Crippen molar-refractivity contribution < 1.29 is 31.0 Å². The van der Waals surface area contributed by atoms with Crippen LogP contribution in [-0.2, 0) is 9.53 Å². The van der Waals surface area contributed by atoms with E-state index in [1.54, 1.807) is 0 Å². The van der Waals surface area contributed by atoms with Crippen molar-refractivity contribution in [1.82, 2.24) is 0 Å². The molecule has 0 amide bonds. The van der Waals surface area contributed by atoms with Crippen LogP contribution in [0, 0.1) is 11.8 Å². The molecule has 0 aromatic heterocycles. The minimum atomic E-state index is -0.101. The van der Waals surface area contributed by atoms with Gasteiger partial charge in [-0.1, -0.05) is 0 Å². The van der Waals surface area contributed by atoms with Gasteiger partial charge in [-0.15, -0.1) is 0 Å². The molecule has 0 spiro atoms. The summed E-state index contributed by atoms with van der Waals surface area (Å²) in [6, 6.07) is 0. The number of hydrogen-bond donors (Lipinski definition) is 1. The predicted molar refractivity (Wildman–Crippen MR) is 41.9 cm³/mol. The summed E-state index contributed by atoms with van der Waals surface area (Å²) in [5.41, 5.74) is 0. The second kappa shape index (κ2) is 5.01. The van der Waals surface area contributed by atoms with Crippen molar-refractivity contribution in [2.24, 2.45) is 15.8 Å². The SMILES string of the molecule is COC(=O)[C@@H]1CC[C@H](C[I-]N)C1. The molecule has 0 radical (unpaired) electrons. The van der Waals surface area contributed by atoms with Crippen molar-refractivity contribution in [1.29, 1.82) is 0 Å². The van der Waals surface area contributed by atoms with Crippen LogP contribution in [0.4, 0.5) is 0 Å². The number of nitrogens with two attached hydrogens (primary N) is 1. The van der Waals surface area contributed by atoms with Crippen LogP contribution in [0.15, 0.2) is 0 Å². The Labute approximate surface area is 83.6 Å². The summed E-state index contributed by atoms with van der Waals surface area (Å²) in [5, 5.41) is 0. The first-order valence-electron chi connectivity index (χ1n) is 4.13. The van der Waals surface area contributed by atoms with E-state index >= 15 is 0 Å². The normalized spacial score (nSPS) is 29.2. The molecule has 0 aromatic rings. The zero-order valence-electron chi connectivity index (χ0n) is 7.25. The van der Waals surface area contributed by atoms with E-state index in [4.69, 9.17) is 8.68 Å². The number of esters is 1. The fourth-order valence-corrected chi connectivity index (χ4v) is 3.24. The van der Waals surface area contributed by atoms with E-state index in [0.29, 0.717) is 5.92 Å². The van der Waals surface area contributed by atoms with Crippen LogP contribution in [0.5, 0.6) is 0 Å². The first-order valence-corrected chi connectivity index (χ1v) is 6.90. The Bertz CT molecular complexity index is 163. The van der Waals surface area contributed by atoms with Gasteiger partial charge in [-0.25, -0.2) is 0 Å². The predicted octanol–water partition coefficient (Wildman–Crippen LogP) is -2.46. The Morgan fingerprint density at radius 3 is 3.00 bits per heavy atom. The first kappa shape index (κ1) is 10.2. The molecule has 0 aliphatic heterocycles. The molecule has 4 heteroatoms. The van der Waals surface area contributed by atoms with Gasteiger partial charge < -0.3 is 0 Å². The quantitative estimate of drug-likeness (QED) is 0.271. The summed E-state index contributed by atoms with van der Waals surface area (Å²) in [6.07, 6.45) is 3.17. The minimum absolute atomic E-state index is 0.0345. The molecule has 0 heterocycles. The van der Waals surface area contributed by atoms with Crippen molar-refractivity contribution >= 4 is 5.97 Å². The van der Waals surface area contributed by atoms with Crippen molar-refractivity contribution in [2.45, 2.75) is 19.3 Å². The third-order valence-electron chi connectivity index (χ3n) is 2.38. The second-order valence-electron chi connectivity index (χ2n) is 3.21. The molecular formula is C8H15INO2-. The van der Waals surface area contributed by atoms with Gasteiger partial charge in [0.25, 0.3) is 0 Å². The molecule has 0 unspecified atom stereocenters. The first-order chi connectivity index (χ1) is 5.77. The summed E-state index contributed by atoms with van der Waals surface area (Å²) < 4.78 is 11.4. The maximum atomic E-state index is 11.1. The molecule has 0 aromatic carbocycles. The van der Waals surface area contributed by atoms with Gasteiger partial charge in [0, 0.05) is 0 Å². The van der Waals surface area contributed by atoms with Crippen LogP contribution in [0.3, 0.4) is 0 Å². The van der Waals surface area contributed by atoms with E-state index in [-0.39, 0.29) is 33.4 Å². The summed E-state index contributed by atoms with van der Waals surface area (Å²) in [7, 11) is 1.46. The van der Waals surface area contributed by atoms with Gasteiger partial charge in [0.1, 0.15) is 0 Å². The van der Waals surface area contributed by atoms with E-state index in [9.17, 15) is 4.79 Å². The number of rotatable bonds is 3. The molecule has 1 aliphatic rings. The summed E-state index contributed by atoms with van der Waals surface area (Å²) in [4.78, 5) is 11.1. The van der Waals surface area contributed by atoms with Crippen LogP contribution in [0.1, 0.15) is 19.3 Å². The Balaban J connectivity index is 2.30. The van der Waals surface area contributed by atoms with Crippen molar-refractivity contribution in [2.75, 3.05) is 11.5 Å². The van der Waals surface area contributed by atoms with Gasteiger partial charge in [0.15, 0.2) is 0 Å². The second-order valence-corrected chi connectivity index (χ2v) is 4.97. The van der Waals surface area contributed by atoms with Crippen molar-refractivity contribution in [3.63, 3.8) is 0 Å². The van der Waals surface area contributed by atoms with Gasteiger partial charge in [0.2, 0.25) is 0 Å². The van der Waals surface area contributed by atoms with Crippen molar-refractivity contribution in [3.05, 3.63) is 0 Å². The van der Waals surface area contributed by atoms with E-state index in [1.807, 2.05) is 0 Å². The molecule has 12 heavy (non-hydrogen) atoms. The average Bonchev–Trinajstić information content (AvgIpc) is 2.52. The fourth-order valence-electron chi connectivity index (χ4n) is 1.72. The van der Waals surface area contributed by atoms with Gasteiger partial charge in [-0.2, -0.15) is 0 Å². The summed E-state index contributed by atoms with van der Waals surface area (Å²) in [6.45, 7) is 0. The van der Waals surface area contributed by atoms with Crippen LogP contribution < -0.4 is 25.4 Å².